The normalized spacial score (nSPS) is 22.7. The van der Waals surface area contributed by atoms with Gasteiger partial charge in [-0.25, -0.2) is 0 Å². The van der Waals surface area contributed by atoms with Crippen molar-refractivity contribution < 1.29 is 0 Å². The second-order valence-electron chi connectivity index (χ2n) is 13.7. The summed E-state index contributed by atoms with van der Waals surface area (Å²) in [6, 6.07) is 0. The molecule has 6 heterocycles. The van der Waals surface area contributed by atoms with Gasteiger partial charge in [-0.2, -0.15) is 0 Å². The highest BCUT2D eigenvalue weighted by molar-refractivity contribution is 5.82. The highest BCUT2D eigenvalue weighted by Crippen LogP contribution is 2.15. The summed E-state index contributed by atoms with van der Waals surface area (Å²) in [5.74, 6) is 0. The molecule has 258 valence electrons. The molecule has 0 atom stereocenters. The third-order valence-electron chi connectivity index (χ3n) is 8.90. The summed E-state index contributed by atoms with van der Waals surface area (Å²) in [5, 5.41) is 6.49. The second-order valence-corrected chi connectivity index (χ2v) is 13.7. The number of hydrogen-bond donors (Lipinski definition) is 2. The third kappa shape index (κ3) is 23.9. The van der Waals surface area contributed by atoms with E-state index in [0.29, 0.717) is 0 Å². The van der Waals surface area contributed by atoms with Crippen molar-refractivity contribution in [2.24, 2.45) is 4.99 Å². The van der Waals surface area contributed by atoms with Crippen molar-refractivity contribution >= 4 is 5.71 Å². The van der Waals surface area contributed by atoms with Crippen molar-refractivity contribution in [3.63, 3.8) is 0 Å². The van der Waals surface area contributed by atoms with Gasteiger partial charge in [0.15, 0.2) is 0 Å². The van der Waals surface area contributed by atoms with Crippen LogP contribution in [0.3, 0.4) is 0 Å². The molecule has 6 aliphatic heterocycles. The Morgan fingerprint density at radius 3 is 1.51 bits per heavy atom. The molecule has 0 aliphatic carbocycles. The summed E-state index contributed by atoms with van der Waals surface area (Å²) in [4.78, 5) is 11.1. The molecule has 45 heavy (non-hydrogen) atoms. The number of nitrogens with one attached hydrogen (secondary N) is 2. The van der Waals surface area contributed by atoms with Crippen molar-refractivity contribution in [1.29, 1.82) is 0 Å². The number of piperidine rings is 5. The van der Waals surface area contributed by atoms with E-state index in [1.165, 1.54) is 156 Å². The lowest BCUT2D eigenvalue weighted by Crippen LogP contribution is -2.26. The number of nitrogens with zero attached hydrogens (tertiary/aromatic N) is 4. The van der Waals surface area contributed by atoms with E-state index in [-0.39, 0.29) is 0 Å². The Bertz CT molecular complexity index is 855. The predicted octanol–water partition coefficient (Wildman–Crippen LogP) is 7.64. The average Bonchev–Trinajstić information content (AvgIpc) is 3.03. The molecule has 0 aromatic heterocycles. The van der Waals surface area contributed by atoms with Crippen molar-refractivity contribution in [2.75, 3.05) is 86.6 Å². The molecule has 0 aromatic rings. The van der Waals surface area contributed by atoms with Crippen LogP contribution in [0.1, 0.15) is 96.8 Å². The van der Waals surface area contributed by atoms with Gasteiger partial charge in [0.1, 0.15) is 0 Å². The maximum atomic E-state index is 4.25. The van der Waals surface area contributed by atoms with Crippen LogP contribution >= 0.6 is 0 Å². The summed E-state index contributed by atoms with van der Waals surface area (Å²) in [6.07, 6.45) is 17.6. The Balaban J connectivity index is 0.000000270. The summed E-state index contributed by atoms with van der Waals surface area (Å²) < 4.78 is 0. The molecule has 5 fully saturated rings. The van der Waals surface area contributed by atoms with E-state index in [1.54, 1.807) is 0 Å². The van der Waals surface area contributed by atoms with Crippen LogP contribution in [0.5, 0.6) is 0 Å². The first kappa shape index (κ1) is 41.0. The maximum absolute atomic E-state index is 4.25. The van der Waals surface area contributed by atoms with Crippen LogP contribution in [-0.4, -0.2) is 107 Å². The van der Waals surface area contributed by atoms with Crippen LogP contribution < -0.4 is 10.6 Å². The summed E-state index contributed by atoms with van der Waals surface area (Å²) in [6.45, 7) is 33.2. The van der Waals surface area contributed by atoms with E-state index in [2.05, 4.69) is 91.3 Å². The van der Waals surface area contributed by atoms with E-state index in [0.717, 1.165) is 32.7 Å². The zero-order valence-electron chi connectivity index (χ0n) is 30.3. The van der Waals surface area contributed by atoms with Gasteiger partial charge in [0, 0.05) is 57.7 Å². The van der Waals surface area contributed by atoms with Gasteiger partial charge in [-0.3, -0.25) is 4.99 Å². The Kier molecular flexibility index (Phi) is 23.8. The largest absolute Gasteiger partial charge is 0.378 e. The molecule has 0 amide bonds. The van der Waals surface area contributed by atoms with Crippen molar-refractivity contribution in [3.05, 3.63) is 60.9 Å². The van der Waals surface area contributed by atoms with Gasteiger partial charge in [-0.1, -0.05) is 55.2 Å². The lowest BCUT2D eigenvalue weighted by molar-refractivity contribution is 0.313. The fourth-order valence-corrected chi connectivity index (χ4v) is 5.54. The summed E-state index contributed by atoms with van der Waals surface area (Å²) >= 11 is 0. The minimum Gasteiger partial charge on any atom is -0.378 e. The predicted molar refractivity (Wildman–Crippen MR) is 202 cm³/mol. The molecule has 0 bridgehead atoms. The maximum Gasteiger partial charge on any atom is 0.0388 e. The molecule has 6 nitrogen and oxygen atoms in total. The van der Waals surface area contributed by atoms with E-state index >= 15 is 0 Å². The number of allylic oxidation sites excluding steroid dienone is 1. The van der Waals surface area contributed by atoms with Gasteiger partial charge in [0.05, 0.1) is 0 Å². The molecule has 6 aliphatic rings. The van der Waals surface area contributed by atoms with Gasteiger partial charge in [-0.05, 0) is 137 Å². The topological polar surface area (TPSA) is 46.1 Å². The molecular formula is C39H72N6. The van der Waals surface area contributed by atoms with Crippen molar-refractivity contribution in [2.45, 2.75) is 96.8 Å². The van der Waals surface area contributed by atoms with Gasteiger partial charge in [0.25, 0.3) is 0 Å². The molecule has 6 heteroatoms. The summed E-state index contributed by atoms with van der Waals surface area (Å²) in [5.41, 5.74) is 8.20. The van der Waals surface area contributed by atoms with E-state index in [9.17, 15) is 0 Å². The SMILES string of the molecule is C=C1CCCCN1C.C=C1CCCN(C)C1.C=C1CCCNC1.C=C1CCN(C)CC1.C=C1CCNCC1.CC1=NCCCC1. The number of aliphatic imine (C=N–C) groups is 1. The monoisotopic (exact) mass is 625 g/mol. The molecule has 0 aromatic carbocycles. The number of hydrogen-bond acceptors (Lipinski definition) is 6. The van der Waals surface area contributed by atoms with Gasteiger partial charge in [0.2, 0.25) is 0 Å². The van der Waals surface area contributed by atoms with Gasteiger partial charge in [-0.15, -0.1) is 0 Å². The Morgan fingerprint density at radius 2 is 1.18 bits per heavy atom. The number of likely N-dealkylation sites (tertiary alicyclic amines) is 3. The third-order valence-corrected chi connectivity index (χ3v) is 8.90. The molecule has 0 radical (unpaired) electrons. The zero-order chi connectivity index (χ0) is 33.3. The Hall–Kier alpha value is -1.99. The number of likely N-dealkylation sites (N-methyl/N-ethyl adjacent to an activating group) is 1. The van der Waals surface area contributed by atoms with Crippen LogP contribution in [-0.2, 0) is 0 Å². The minimum absolute atomic E-state index is 1.04. The lowest BCUT2D eigenvalue weighted by atomic mass is 10.1. The highest BCUT2D eigenvalue weighted by Gasteiger charge is 2.08. The molecule has 5 saturated heterocycles. The molecule has 6 rings (SSSR count). The summed E-state index contributed by atoms with van der Waals surface area (Å²) in [7, 11) is 6.41. The first-order valence-corrected chi connectivity index (χ1v) is 17.9. The van der Waals surface area contributed by atoms with Gasteiger partial charge >= 0.3 is 0 Å². The van der Waals surface area contributed by atoms with Crippen LogP contribution in [0.25, 0.3) is 0 Å². The Morgan fingerprint density at radius 1 is 0.533 bits per heavy atom. The van der Waals surface area contributed by atoms with Crippen molar-refractivity contribution in [3.8, 4) is 0 Å². The molecular weight excluding hydrogens is 552 g/mol. The lowest BCUT2D eigenvalue weighted by Gasteiger charge is -2.26. The van der Waals surface area contributed by atoms with Crippen LogP contribution in [0.4, 0.5) is 0 Å². The number of rotatable bonds is 0. The van der Waals surface area contributed by atoms with E-state index < -0.39 is 0 Å². The first-order valence-electron chi connectivity index (χ1n) is 17.9. The minimum atomic E-state index is 1.04. The van der Waals surface area contributed by atoms with E-state index in [4.69, 9.17) is 0 Å². The van der Waals surface area contributed by atoms with Crippen LogP contribution in [0.15, 0.2) is 65.9 Å². The smallest absolute Gasteiger partial charge is 0.0388 e. The fourth-order valence-electron chi connectivity index (χ4n) is 5.54. The zero-order valence-corrected chi connectivity index (χ0v) is 30.3. The fraction of sp³-hybridized carbons (Fsp3) is 0.718. The molecule has 2 N–H and O–H groups in total. The highest BCUT2D eigenvalue weighted by atomic mass is 15.1. The Labute approximate surface area is 279 Å². The van der Waals surface area contributed by atoms with Crippen LogP contribution in [0, 0.1) is 0 Å². The van der Waals surface area contributed by atoms with Crippen molar-refractivity contribution in [1.82, 2.24) is 25.3 Å². The first-order chi connectivity index (χ1) is 21.6. The second kappa shape index (κ2) is 26.1. The standard InChI is InChI=1S/3C7H13N.3C6H11N/c1-7-3-5-8(2)6-4-7;1-7-4-3-5-8(2)6-7;1-7-5-3-4-6-8(7)2;1-6-2-4-7-5-3-6;1-6-3-2-4-7-5-6;1-6-4-2-3-5-7-6/h3*1,3-6H2,2H3;2*7H,1-5H2;2-5H2,1H3. The van der Waals surface area contributed by atoms with Crippen LogP contribution in [0.2, 0.25) is 0 Å². The molecule has 0 spiro atoms. The average molecular weight is 625 g/mol. The quantitative estimate of drug-likeness (QED) is 0.271. The van der Waals surface area contributed by atoms with E-state index in [1.807, 2.05) is 0 Å². The molecule has 0 saturated carbocycles. The van der Waals surface area contributed by atoms with Gasteiger partial charge < -0.3 is 25.3 Å². The molecule has 0 unspecified atom stereocenters.